The normalized spacial score (nSPS) is 10.3. The second-order valence-electron chi connectivity index (χ2n) is 5.22. The molecule has 0 aliphatic carbocycles. The zero-order valence-electron chi connectivity index (χ0n) is 12.6. The molecule has 0 atom stereocenters. The summed E-state index contributed by atoms with van der Waals surface area (Å²) < 4.78 is 0. The van der Waals surface area contributed by atoms with Crippen LogP contribution in [0.25, 0.3) is 0 Å². The zero-order chi connectivity index (χ0) is 16.7. The van der Waals surface area contributed by atoms with Gasteiger partial charge in [0.05, 0.1) is 4.92 Å². The van der Waals surface area contributed by atoms with E-state index in [0.29, 0.717) is 18.5 Å². The van der Waals surface area contributed by atoms with Crippen molar-refractivity contribution in [2.45, 2.75) is 19.4 Å². The fourth-order valence-electron chi connectivity index (χ4n) is 2.35. The first-order valence-corrected chi connectivity index (χ1v) is 7.31. The van der Waals surface area contributed by atoms with Crippen LogP contribution in [0.5, 0.6) is 0 Å². The number of hydrogen-bond donors (Lipinski definition) is 1. The largest absolute Gasteiger partial charge is 0.465 e. The third-order valence-corrected chi connectivity index (χ3v) is 3.50. The van der Waals surface area contributed by atoms with Crippen LogP contribution < -0.4 is 0 Å². The Morgan fingerprint density at radius 1 is 1.09 bits per heavy atom. The topological polar surface area (TPSA) is 83.7 Å². The molecule has 2 rings (SSSR count). The summed E-state index contributed by atoms with van der Waals surface area (Å²) in [6, 6.07) is 15.9. The van der Waals surface area contributed by atoms with Crippen molar-refractivity contribution in [3.63, 3.8) is 0 Å². The maximum absolute atomic E-state index is 11.4. The quantitative estimate of drug-likeness (QED) is 0.623. The Hall–Kier alpha value is -2.89. The lowest BCUT2D eigenvalue weighted by atomic mass is 10.1. The minimum Gasteiger partial charge on any atom is -0.465 e. The van der Waals surface area contributed by atoms with Gasteiger partial charge < -0.3 is 10.0 Å². The highest BCUT2D eigenvalue weighted by Gasteiger charge is 2.14. The maximum Gasteiger partial charge on any atom is 0.407 e. The van der Waals surface area contributed by atoms with E-state index >= 15 is 0 Å². The number of aryl methyl sites for hydroxylation is 1. The lowest BCUT2D eigenvalue weighted by Crippen LogP contribution is -2.30. The minimum atomic E-state index is -1.02. The van der Waals surface area contributed by atoms with Crippen LogP contribution in [0.3, 0.4) is 0 Å². The van der Waals surface area contributed by atoms with Crippen molar-refractivity contribution in [1.82, 2.24) is 4.90 Å². The van der Waals surface area contributed by atoms with Gasteiger partial charge in [0, 0.05) is 25.2 Å². The van der Waals surface area contributed by atoms with Crippen molar-refractivity contribution >= 4 is 11.8 Å². The number of non-ortho nitro benzene ring substituents is 1. The Balaban J connectivity index is 1.95. The average Bonchev–Trinajstić information content (AvgIpc) is 2.55. The highest BCUT2D eigenvalue weighted by atomic mass is 16.6. The molecular formula is C17H18N2O4. The molecule has 0 spiro atoms. The van der Waals surface area contributed by atoms with Crippen LogP contribution in [0.15, 0.2) is 54.6 Å². The van der Waals surface area contributed by atoms with Gasteiger partial charge >= 0.3 is 6.09 Å². The molecule has 120 valence electrons. The van der Waals surface area contributed by atoms with E-state index in [4.69, 9.17) is 0 Å². The summed E-state index contributed by atoms with van der Waals surface area (Å²) >= 11 is 0. The van der Waals surface area contributed by atoms with Crippen LogP contribution in [-0.4, -0.2) is 27.6 Å². The summed E-state index contributed by atoms with van der Waals surface area (Å²) in [7, 11) is 0. The fourth-order valence-corrected chi connectivity index (χ4v) is 2.35. The Bertz CT molecular complexity index is 673. The van der Waals surface area contributed by atoms with E-state index < -0.39 is 11.0 Å². The summed E-state index contributed by atoms with van der Waals surface area (Å²) in [4.78, 5) is 22.9. The zero-order valence-corrected chi connectivity index (χ0v) is 12.6. The molecule has 6 heteroatoms. The van der Waals surface area contributed by atoms with E-state index in [2.05, 4.69) is 0 Å². The molecular weight excluding hydrogens is 296 g/mol. The van der Waals surface area contributed by atoms with E-state index in [1.807, 2.05) is 30.3 Å². The number of hydrogen-bond acceptors (Lipinski definition) is 3. The predicted octanol–water partition coefficient (Wildman–Crippen LogP) is 3.71. The lowest BCUT2D eigenvalue weighted by Gasteiger charge is -2.19. The molecule has 23 heavy (non-hydrogen) atoms. The number of benzene rings is 2. The van der Waals surface area contributed by atoms with E-state index in [9.17, 15) is 20.0 Å². The molecule has 0 saturated carbocycles. The van der Waals surface area contributed by atoms with Gasteiger partial charge in [0.2, 0.25) is 0 Å². The molecule has 6 nitrogen and oxygen atoms in total. The van der Waals surface area contributed by atoms with E-state index in [1.54, 1.807) is 12.1 Å². The highest BCUT2D eigenvalue weighted by molar-refractivity contribution is 5.65. The number of nitro benzene ring substituents is 1. The lowest BCUT2D eigenvalue weighted by molar-refractivity contribution is -0.384. The standard InChI is InChI=1S/C17H18N2O4/c20-17(21)18(11-5-9-14-6-2-1-3-7-14)13-15-8-4-10-16(12-15)19(22)23/h1-4,6-8,10,12H,5,9,11,13H2,(H,20,21). The monoisotopic (exact) mass is 314 g/mol. The Kier molecular flexibility index (Phi) is 5.68. The smallest absolute Gasteiger partial charge is 0.407 e. The SMILES string of the molecule is O=C(O)N(CCCc1ccccc1)Cc1cccc([N+](=O)[O-])c1. The van der Waals surface area contributed by atoms with Crippen molar-refractivity contribution in [2.75, 3.05) is 6.54 Å². The minimum absolute atomic E-state index is 0.0304. The van der Waals surface area contributed by atoms with Gasteiger partial charge in [-0.1, -0.05) is 42.5 Å². The van der Waals surface area contributed by atoms with Gasteiger partial charge in [0.25, 0.3) is 5.69 Å². The molecule has 0 aliphatic rings. The van der Waals surface area contributed by atoms with Gasteiger partial charge in [0.1, 0.15) is 0 Å². The first-order valence-electron chi connectivity index (χ1n) is 7.31. The molecule has 0 unspecified atom stereocenters. The van der Waals surface area contributed by atoms with E-state index in [0.717, 1.165) is 12.0 Å². The number of nitro groups is 1. The maximum atomic E-state index is 11.4. The van der Waals surface area contributed by atoms with Gasteiger partial charge in [-0.25, -0.2) is 4.79 Å². The summed E-state index contributed by atoms with van der Waals surface area (Å²) in [5, 5.41) is 20.1. The molecule has 0 heterocycles. The molecule has 2 aromatic rings. The van der Waals surface area contributed by atoms with E-state index in [1.165, 1.54) is 17.0 Å². The second kappa shape index (κ2) is 7.93. The number of carbonyl (C=O) groups is 1. The summed E-state index contributed by atoms with van der Waals surface area (Å²) in [6.07, 6.45) is 0.467. The van der Waals surface area contributed by atoms with Crippen molar-refractivity contribution in [2.24, 2.45) is 0 Å². The fraction of sp³-hybridized carbons (Fsp3) is 0.235. The Labute approximate surface area is 134 Å². The molecule has 2 aromatic carbocycles. The number of rotatable bonds is 7. The Morgan fingerprint density at radius 3 is 2.43 bits per heavy atom. The van der Waals surface area contributed by atoms with Crippen molar-refractivity contribution in [1.29, 1.82) is 0 Å². The second-order valence-corrected chi connectivity index (χ2v) is 5.22. The molecule has 0 radical (unpaired) electrons. The summed E-state index contributed by atoms with van der Waals surface area (Å²) in [5.74, 6) is 0. The van der Waals surface area contributed by atoms with Crippen LogP contribution in [-0.2, 0) is 13.0 Å². The van der Waals surface area contributed by atoms with Crippen molar-refractivity contribution in [3.8, 4) is 0 Å². The van der Waals surface area contributed by atoms with Gasteiger partial charge in [-0.3, -0.25) is 10.1 Å². The van der Waals surface area contributed by atoms with Crippen LogP contribution in [0.1, 0.15) is 17.5 Å². The molecule has 0 bridgehead atoms. The molecule has 0 aromatic heterocycles. The van der Waals surface area contributed by atoms with Crippen molar-refractivity contribution in [3.05, 3.63) is 75.8 Å². The first kappa shape index (κ1) is 16.5. The molecule has 0 aliphatic heterocycles. The van der Waals surface area contributed by atoms with Gasteiger partial charge in [0.15, 0.2) is 0 Å². The van der Waals surface area contributed by atoms with Crippen LogP contribution in [0.4, 0.5) is 10.5 Å². The van der Waals surface area contributed by atoms with Gasteiger partial charge in [-0.05, 0) is 24.0 Å². The van der Waals surface area contributed by atoms with Crippen LogP contribution in [0.2, 0.25) is 0 Å². The van der Waals surface area contributed by atoms with Crippen LogP contribution >= 0.6 is 0 Å². The number of amides is 1. The molecule has 0 saturated heterocycles. The summed E-state index contributed by atoms with van der Waals surface area (Å²) in [5.41, 5.74) is 1.74. The third kappa shape index (κ3) is 5.10. The summed E-state index contributed by atoms with van der Waals surface area (Å²) in [6.45, 7) is 0.527. The van der Waals surface area contributed by atoms with Crippen molar-refractivity contribution < 1.29 is 14.8 Å². The third-order valence-electron chi connectivity index (χ3n) is 3.50. The molecule has 1 N–H and O–H groups in total. The average molecular weight is 314 g/mol. The van der Waals surface area contributed by atoms with Crippen LogP contribution in [0, 0.1) is 10.1 Å². The molecule has 0 fully saturated rings. The first-order chi connectivity index (χ1) is 11.1. The molecule has 1 amide bonds. The number of nitrogens with zero attached hydrogens (tertiary/aromatic N) is 2. The van der Waals surface area contributed by atoms with Gasteiger partial charge in [-0.15, -0.1) is 0 Å². The Morgan fingerprint density at radius 2 is 1.78 bits per heavy atom. The van der Waals surface area contributed by atoms with Gasteiger partial charge in [-0.2, -0.15) is 0 Å². The predicted molar refractivity (Wildman–Crippen MR) is 86.3 cm³/mol. The number of carboxylic acid groups (broad SMARTS) is 1. The van der Waals surface area contributed by atoms with E-state index in [-0.39, 0.29) is 12.2 Å². The highest BCUT2D eigenvalue weighted by Crippen LogP contribution is 2.15.